The fourth-order valence-corrected chi connectivity index (χ4v) is 3.33. The van der Waals surface area contributed by atoms with Gasteiger partial charge in [0.2, 0.25) is 0 Å². The van der Waals surface area contributed by atoms with E-state index in [0.717, 1.165) is 20.8 Å². The highest BCUT2D eigenvalue weighted by molar-refractivity contribution is 6.39. The standard InChI is InChI=1S/C17H14Cl2/c1-10(2)15-16-11(5-3-7-13(16)18)9-12-6-4-8-14(19)17(12)15/h3-10H,1-2H3. The van der Waals surface area contributed by atoms with Gasteiger partial charge >= 0.3 is 0 Å². The van der Waals surface area contributed by atoms with Gasteiger partial charge in [-0.15, -0.1) is 0 Å². The van der Waals surface area contributed by atoms with Crippen LogP contribution in [0.15, 0.2) is 42.5 Å². The average Bonchev–Trinajstić information content (AvgIpc) is 2.37. The zero-order chi connectivity index (χ0) is 13.6. The maximum atomic E-state index is 6.42. The molecule has 0 saturated carbocycles. The van der Waals surface area contributed by atoms with Crippen LogP contribution in [0, 0.1) is 0 Å². The lowest BCUT2D eigenvalue weighted by Gasteiger charge is -2.16. The molecule has 0 aliphatic rings. The molecule has 0 fully saturated rings. The maximum Gasteiger partial charge on any atom is 0.0487 e. The van der Waals surface area contributed by atoms with E-state index >= 15 is 0 Å². The maximum absolute atomic E-state index is 6.42. The van der Waals surface area contributed by atoms with Crippen molar-refractivity contribution in [3.8, 4) is 0 Å². The summed E-state index contributed by atoms with van der Waals surface area (Å²) >= 11 is 12.8. The fraction of sp³-hybridized carbons (Fsp3) is 0.176. The molecule has 0 N–H and O–H groups in total. The first-order valence-electron chi connectivity index (χ1n) is 6.39. The lowest BCUT2D eigenvalue weighted by atomic mass is 9.90. The van der Waals surface area contributed by atoms with Gasteiger partial charge in [0.05, 0.1) is 0 Å². The average molecular weight is 289 g/mol. The predicted octanol–water partition coefficient (Wildman–Crippen LogP) is 6.42. The van der Waals surface area contributed by atoms with Crippen LogP contribution in [0.1, 0.15) is 25.3 Å². The van der Waals surface area contributed by atoms with Crippen LogP contribution in [-0.2, 0) is 0 Å². The third-order valence-electron chi connectivity index (χ3n) is 3.52. The third kappa shape index (κ3) is 2.00. The van der Waals surface area contributed by atoms with Gasteiger partial charge in [0.15, 0.2) is 0 Å². The highest BCUT2D eigenvalue weighted by Crippen LogP contribution is 2.39. The number of rotatable bonds is 1. The van der Waals surface area contributed by atoms with Gasteiger partial charge in [0.1, 0.15) is 0 Å². The normalized spacial score (nSPS) is 11.6. The van der Waals surface area contributed by atoms with E-state index in [0.29, 0.717) is 5.92 Å². The first-order chi connectivity index (χ1) is 9.09. The van der Waals surface area contributed by atoms with Crippen molar-refractivity contribution in [1.29, 1.82) is 0 Å². The van der Waals surface area contributed by atoms with E-state index < -0.39 is 0 Å². The van der Waals surface area contributed by atoms with E-state index in [2.05, 4.69) is 32.0 Å². The van der Waals surface area contributed by atoms with E-state index in [4.69, 9.17) is 23.2 Å². The first-order valence-corrected chi connectivity index (χ1v) is 7.14. The Morgan fingerprint density at radius 1 is 0.789 bits per heavy atom. The molecular weight excluding hydrogens is 275 g/mol. The molecule has 0 radical (unpaired) electrons. The van der Waals surface area contributed by atoms with Crippen LogP contribution in [0.3, 0.4) is 0 Å². The molecule has 0 aliphatic heterocycles. The van der Waals surface area contributed by atoms with E-state index in [1.807, 2.05) is 24.3 Å². The molecule has 0 bridgehead atoms. The van der Waals surface area contributed by atoms with Gasteiger partial charge in [-0.2, -0.15) is 0 Å². The van der Waals surface area contributed by atoms with Crippen LogP contribution < -0.4 is 0 Å². The van der Waals surface area contributed by atoms with Crippen molar-refractivity contribution < 1.29 is 0 Å². The van der Waals surface area contributed by atoms with Gasteiger partial charge in [-0.3, -0.25) is 0 Å². The summed E-state index contributed by atoms with van der Waals surface area (Å²) in [4.78, 5) is 0. The molecule has 3 aromatic carbocycles. The van der Waals surface area contributed by atoms with Gasteiger partial charge in [0.25, 0.3) is 0 Å². The molecule has 19 heavy (non-hydrogen) atoms. The molecule has 0 amide bonds. The third-order valence-corrected chi connectivity index (χ3v) is 4.15. The Hall–Kier alpha value is -1.24. The van der Waals surface area contributed by atoms with Crippen LogP contribution in [0.25, 0.3) is 21.5 Å². The smallest absolute Gasteiger partial charge is 0.0487 e. The molecule has 0 aliphatic carbocycles. The minimum Gasteiger partial charge on any atom is -0.0837 e. The molecule has 3 rings (SSSR count). The van der Waals surface area contributed by atoms with Crippen molar-refractivity contribution in [1.82, 2.24) is 0 Å². The number of hydrogen-bond acceptors (Lipinski definition) is 0. The molecule has 0 nitrogen and oxygen atoms in total. The van der Waals surface area contributed by atoms with Crippen molar-refractivity contribution in [2.45, 2.75) is 19.8 Å². The number of halogens is 2. The summed E-state index contributed by atoms with van der Waals surface area (Å²) in [5.74, 6) is 0.367. The van der Waals surface area contributed by atoms with Gasteiger partial charge < -0.3 is 0 Å². The van der Waals surface area contributed by atoms with Crippen molar-refractivity contribution >= 4 is 44.7 Å². The zero-order valence-corrected chi connectivity index (χ0v) is 12.4. The van der Waals surface area contributed by atoms with Crippen LogP contribution in [0.2, 0.25) is 10.0 Å². The number of benzene rings is 3. The Balaban J connectivity index is 2.64. The van der Waals surface area contributed by atoms with Gasteiger partial charge in [0, 0.05) is 20.8 Å². The minimum absolute atomic E-state index is 0.367. The monoisotopic (exact) mass is 288 g/mol. The molecule has 96 valence electrons. The molecule has 3 aromatic rings. The molecule has 0 saturated heterocycles. The van der Waals surface area contributed by atoms with Crippen molar-refractivity contribution in [2.24, 2.45) is 0 Å². The van der Waals surface area contributed by atoms with Crippen molar-refractivity contribution in [2.75, 3.05) is 0 Å². The quantitative estimate of drug-likeness (QED) is 0.453. The predicted molar refractivity (Wildman–Crippen MR) is 85.6 cm³/mol. The molecule has 0 atom stereocenters. The fourth-order valence-electron chi connectivity index (χ4n) is 2.76. The second-order valence-electron chi connectivity index (χ2n) is 5.12. The van der Waals surface area contributed by atoms with Crippen LogP contribution in [0.4, 0.5) is 0 Å². The Morgan fingerprint density at radius 2 is 1.26 bits per heavy atom. The molecular formula is C17H14Cl2. The Kier molecular flexibility index (Phi) is 3.16. The van der Waals surface area contributed by atoms with E-state index in [9.17, 15) is 0 Å². The van der Waals surface area contributed by atoms with Crippen molar-refractivity contribution in [3.05, 3.63) is 58.1 Å². The minimum atomic E-state index is 0.367. The highest BCUT2D eigenvalue weighted by atomic mass is 35.5. The number of hydrogen-bond donors (Lipinski definition) is 0. The van der Waals surface area contributed by atoms with Gasteiger partial charge in [-0.25, -0.2) is 0 Å². The number of fused-ring (bicyclic) bond motifs is 2. The largest absolute Gasteiger partial charge is 0.0837 e. The SMILES string of the molecule is CC(C)c1c2c(Cl)cccc2cc2cccc(Cl)c12. The molecule has 0 unspecified atom stereocenters. The second kappa shape index (κ2) is 4.70. The van der Waals surface area contributed by atoms with Crippen LogP contribution in [0.5, 0.6) is 0 Å². The van der Waals surface area contributed by atoms with Crippen LogP contribution in [-0.4, -0.2) is 0 Å². The summed E-state index contributed by atoms with van der Waals surface area (Å²) in [6.45, 7) is 4.36. The highest BCUT2D eigenvalue weighted by Gasteiger charge is 2.15. The lowest BCUT2D eigenvalue weighted by molar-refractivity contribution is 0.885. The van der Waals surface area contributed by atoms with Crippen molar-refractivity contribution in [3.63, 3.8) is 0 Å². The topological polar surface area (TPSA) is 0 Å². The summed E-state index contributed by atoms with van der Waals surface area (Å²) in [6.07, 6.45) is 0. The first kappa shape index (κ1) is 12.8. The summed E-state index contributed by atoms with van der Waals surface area (Å²) in [5.41, 5.74) is 1.24. The van der Waals surface area contributed by atoms with Gasteiger partial charge in [-0.1, -0.05) is 61.3 Å². The summed E-state index contributed by atoms with van der Waals surface area (Å²) in [7, 11) is 0. The Morgan fingerprint density at radius 3 is 1.68 bits per heavy atom. The van der Waals surface area contributed by atoms with Gasteiger partial charge in [-0.05, 0) is 40.5 Å². The van der Waals surface area contributed by atoms with E-state index in [1.165, 1.54) is 16.3 Å². The Labute approximate surface area is 122 Å². The molecule has 2 heteroatoms. The molecule has 0 heterocycles. The summed E-state index contributed by atoms with van der Waals surface area (Å²) in [5, 5.41) is 6.18. The van der Waals surface area contributed by atoms with E-state index in [1.54, 1.807) is 0 Å². The van der Waals surface area contributed by atoms with Crippen LogP contribution >= 0.6 is 23.2 Å². The molecule has 0 spiro atoms. The Bertz CT molecular complexity index is 713. The zero-order valence-electron chi connectivity index (χ0n) is 10.9. The summed E-state index contributed by atoms with van der Waals surface area (Å²) in [6, 6.07) is 14.2. The summed E-state index contributed by atoms with van der Waals surface area (Å²) < 4.78 is 0. The lowest BCUT2D eigenvalue weighted by Crippen LogP contribution is -1.94. The molecule has 0 aromatic heterocycles. The van der Waals surface area contributed by atoms with E-state index in [-0.39, 0.29) is 0 Å². The second-order valence-corrected chi connectivity index (χ2v) is 5.94.